The average molecular weight is 669 g/mol. The molecular formula is C47H40O4. The fourth-order valence-corrected chi connectivity index (χ4v) is 8.93. The van der Waals surface area contributed by atoms with E-state index >= 15 is 0 Å². The van der Waals surface area contributed by atoms with Crippen LogP contribution in [0.25, 0.3) is 22.3 Å². The Balaban J connectivity index is 1.30. The second-order valence-electron chi connectivity index (χ2n) is 14.2. The molecule has 4 heteroatoms. The topological polar surface area (TPSA) is 52.6 Å². The molecular weight excluding hydrogens is 629 g/mol. The van der Waals surface area contributed by atoms with Crippen LogP contribution in [0.3, 0.4) is 0 Å². The molecule has 0 heterocycles. The number of carbonyl (C=O) groups is 2. The minimum Gasteiger partial charge on any atom is -0.426 e. The number of fused-ring (bicyclic) bond motifs is 6. The van der Waals surface area contributed by atoms with E-state index in [0.29, 0.717) is 30.8 Å². The van der Waals surface area contributed by atoms with Gasteiger partial charge in [0, 0.05) is 10.8 Å². The molecule has 51 heavy (non-hydrogen) atoms. The van der Waals surface area contributed by atoms with Gasteiger partial charge in [-0.2, -0.15) is 0 Å². The van der Waals surface area contributed by atoms with Crippen molar-refractivity contribution in [3.05, 3.63) is 180 Å². The van der Waals surface area contributed by atoms with Crippen LogP contribution >= 0.6 is 0 Å². The van der Waals surface area contributed by atoms with Crippen LogP contribution in [0.15, 0.2) is 158 Å². The smallest absolute Gasteiger partial charge is 0.314 e. The minimum absolute atomic E-state index is 0.261. The van der Waals surface area contributed by atoms with Crippen molar-refractivity contribution in [2.24, 2.45) is 11.8 Å². The van der Waals surface area contributed by atoms with E-state index in [9.17, 15) is 9.59 Å². The third kappa shape index (κ3) is 5.65. The molecule has 0 bridgehead atoms. The molecule has 0 aliphatic heterocycles. The molecule has 2 aliphatic carbocycles. The van der Waals surface area contributed by atoms with Crippen molar-refractivity contribution in [3.63, 3.8) is 0 Å². The zero-order chi connectivity index (χ0) is 35.0. The monoisotopic (exact) mass is 668 g/mol. The number of rotatable bonds is 10. The third-order valence-electron chi connectivity index (χ3n) is 11.0. The first kappa shape index (κ1) is 32.5. The molecule has 0 aromatic heterocycles. The molecule has 252 valence electrons. The zero-order valence-corrected chi connectivity index (χ0v) is 28.9. The van der Waals surface area contributed by atoms with Crippen molar-refractivity contribution in [1.82, 2.24) is 0 Å². The zero-order valence-electron chi connectivity index (χ0n) is 28.9. The second kappa shape index (κ2) is 13.2. The lowest BCUT2D eigenvalue weighted by molar-refractivity contribution is -0.139. The van der Waals surface area contributed by atoms with Gasteiger partial charge in [-0.1, -0.05) is 147 Å². The maximum absolute atomic E-state index is 13.9. The van der Waals surface area contributed by atoms with E-state index in [1.54, 1.807) is 0 Å². The number of benzene rings is 6. The Bertz CT molecular complexity index is 1970. The highest BCUT2D eigenvalue weighted by Gasteiger charge is 2.54. The van der Waals surface area contributed by atoms with Gasteiger partial charge in [0.1, 0.15) is 11.5 Å². The Morgan fingerprint density at radius 3 is 1.02 bits per heavy atom. The SMILES string of the molecule is CC(CC1(CC2(CC(C)C(=O)Oc3ccccc3)c3ccccc3-c3ccccc32)c2ccccc2-c2ccccc21)C(=O)Oc1ccccc1. The summed E-state index contributed by atoms with van der Waals surface area (Å²) < 4.78 is 11.9. The van der Waals surface area contributed by atoms with E-state index in [0.717, 1.165) is 0 Å². The lowest BCUT2D eigenvalue weighted by atomic mass is 9.58. The third-order valence-corrected chi connectivity index (χ3v) is 11.0. The van der Waals surface area contributed by atoms with Crippen LogP contribution in [0.5, 0.6) is 11.5 Å². The Morgan fingerprint density at radius 1 is 0.431 bits per heavy atom. The van der Waals surface area contributed by atoms with Gasteiger partial charge in [0.05, 0.1) is 11.8 Å². The fraction of sp³-hybridized carbons (Fsp3) is 0.191. The molecule has 4 nitrogen and oxygen atoms in total. The summed E-state index contributed by atoms with van der Waals surface area (Å²) in [5.41, 5.74) is 8.36. The quantitative estimate of drug-likeness (QED) is 0.108. The largest absolute Gasteiger partial charge is 0.426 e. The van der Waals surface area contributed by atoms with Gasteiger partial charge in [0.2, 0.25) is 0 Å². The maximum atomic E-state index is 13.9. The van der Waals surface area contributed by atoms with Gasteiger partial charge in [-0.3, -0.25) is 9.59 Å². The van der Waals surface area contributed by atoms with Crippen molar-refractivity contribution in [1.29, 1.82) is 0 Å². The minimum atomic E-state index is -0.587. The molecule has 0 saturated heterocycles. The predicted octanol–water partition coefficient (Wildman–Crippen LogP) is 10.6. The number of para-hydroxylation sites is 2. The molecule has 0 N–H and O–H groups in total. The van der Waals surface area contributed by atoms with Crippen LogP contribution in [0.4, 0.5) is 0 Å². The first-order valence-electron chi connectivity index (χ1n) is 17.8. The van der Waals surface area contributed by atoms with Gasteiger partial charge < -0.3 is 9.47 Å². The molecule has 2 atom stereocenters. The number of ether oxygens (including phenoxy) is 2. The molecule has 0 fully saturated rings. The van der Waals surface area contributed by atoms with Gasteiger partial charge in [0.15, 0.2) is 0 Å². The predicted molar refractivity (Wildman–Crippen MR) is 202 cm³/mol. The summed E-state index contributed by atoms with van der Waals surface area (Å²) in [6.07, 6.45) is 1.71. The van der Waals surface area contributed by atoms with Crippen LogP contribution < -0.4 is 9.47 Å². The van der Waals surface area contributed by atoms with E-state index in [-0.39, 0.29) is 11.9 Å². The Kier molecular flexibility index (Phi) is 8.39. The second-order valence-corrected chi connectivity index (χ2v) is 14.2. The van der Waals surface area contributed by atoms with E-state index in [1.807, 2.05) is 74.5 Å². The number of esters is 2. The molecule has 0 spiro atoms. The van der Waals surface area contributed by atoms with E-state index in [4.69, 9.17) is 9.47 Å². The van der Waals surface area contributed by atoms with Gasteiger partial charge >= 0.3 is 11.9 Å². The highest BCUT2D eigenvalue weighted by Crippen LogP contribution is 2.62. The fourth-order valence-electron chi connectivity index (χ4n) is 8.93. The summed E-state index contributed by atoms with van der Waals surface area (Å²) >= 11 is 0. The van der Waals surface area contributed by atoms with Gasteiger partial charge in [-0.05, 0) is 88.0 Å². The Morgan fingerprint density at radius 2 is 0.706 bits per heavy atom. The summed E-state index contributed by atoms with van der Waals surface area (Å²) in [7, 11) is 0. The maximum Gasteiger partial charge on any atom is 0.314 e. The normalized spacial score (nSPS) is 15.4. The molecule has 6 aromatic carbocycles. The van der Waals surface area contributed by atoms with E-state index < -0.39 is 22.7 Å². The van der Waals surface area contributed by atoms with Crippen molar-refractivity contribution in [3.8, 4) is 33.8 Å². The van der Waals surface area contributed by atoms with Crippen LogP contribution in [0, 0.1) is 11.8 Å². The molecule has 6 aromatic rings. The lowest BCUT2D eigenvalue weighted by Crippen LogP contribution is -2.42. The number of carbonyl (C=O) groups excluding carboxylic acids is 2. The Hall–Kier alpha value is -5.74. The summed E-state index contributed by atoms with van der Waals surface area (Å²) in [5.74, 6) is -0.317. The van der Waals surface area contributed by atoms with Crippen molar-refractivity contribution < 1.29 is 19.1 Å². The average Bonchev–Trinajstić information content (AvgIpc) is 3.59. The summed E-state index contributed by atoms with van der Waals surface area (Å²) in [4.78, 5) is 27.9. The van der Waals surface area contributed by atoms with Gasteiger partial charge in [0.25, 0.3) is 0 Å². The molecule has 2 unspecified atom stereocenters. The summed E-state index contributed by atoms with van der Waals surface area (Å²) in [5, 5.41) is 0. The van der Waals surface area contributed by atoms with Crippen molar-refractivity contribution in [2.75, 3.05) is 0 Å². The standard InChI is InChI=1S/C47H40O4/c1-32(44(48)50-34-17-5-3-6-18-34)29-46(40-25-13-9-21-36(40)37-22-10-14-26-41(37)46)31-47(30-33(2)45(49)51-35-19-7-4-8-20-35)42-27-15-11-23-38(42)39-24-12-16-28-43(39)47/h3-28,32-33H,29-31H2,1-2H3. The van der Waals surface area contributed by atoms with E-state index in [2.05, 4.69) is 97.1 Å². The van der Waals surface area contributed by atoms with Gasteiger partial charge in [-0.15, -0.1) is 0 Å². The van der Waals surface area contributed by atoms with Crippen LogP contribution in [0.1, 0.15) is 55.4 Å². The first-order chi connectivity index (χ1) is 24.9. The van der Waals surface area contributed by atoms with Crippen LogP contribution in [-0.2, 0) is 20.4 Å². The van der Waals surface area contributed by atoms with Crippen molar-refractivity contribution in [2.45, 2.75) is 43.9 Å². The van der Waals surface area contributed by atoms with Gasteiger partial charge in [-0.25, -0.2) is 0 Å². The van der Waals surface area contributed by atoms with E-state index in [1.165, 1.54) is 44.5 Å². The number of hydrogen-bond acceptors (Lipinski definition) is 4. The highest BCUT2D eigenvalue weighted by molar-refractivity contribution is 5.85. The highest BCUT2D eigenvalue weighted by atomic mass is 16.5. The number of hydrogen-bond donors (Lipinski definition) is 0. The molecule has 0 amide bonds. The lowest BCUT2D eigenvalue weighted by Gasteiger charge is -2.44. The Labute approximate surface area is 299 Å². The molecule has 0 saturated carbocycles. The summed E-state index contributed by atoms with van der Waals surface area (Å²) in [6.45, 7) is 3.97. The van der Waals surface area contributed by atoms with Crippen LogP contribution in [0.2, 0.25) is 0 Å². The molecule has 2 aliphatic rings. The van der Waals surface area contributed by atoms with Crippen LogP contribution in [-0.4, -0.2) is 11.9 Å². The molecule has 0 radical (unpaired) electrons. The molecule has 8 rings (SSSR count). The summed E-state index contributed by atoms with van der Waals surface area (Å²) in [6, 6.07) is 53.1. The first-order valence-corrected chi connectivity index (χ1v) is 17.8. The van der Waals surface area contributed by atoms with Crippen molar-refractivity contribution >= 4 is 11.9 Å².